The minimum atomic E-state index is 0.327. The summed E-state index contributed by atoms with van der Waals surface area (Å²) in [6.07, 6.45) is 2.37. The standard InChI is InChI=1S/C8H14ClN5O/c1-15-4-2-3-11-7-6(9)5-12-8(13-7)14-10/h5H,2-4,10H2,1H3,(H2,11,12,13,14). The topological polar surface area (TPSA) is 85.1 Å². The monoisotopic (exact) mass is 231 g/mol. The van der Waals surface area contributed by atoms with Gasteiger partial charge in [0.15, 0.2) is 5.82 Å². The number of nitrogens with two attached hydrogens (primary N) is 1. The van der Waals surface area contributed by atoms with Crippen LogP contribution in [0.15, 0.2) is 6.20 Å². The number of methoxy groups -OCH3 is 1. The maximum Gasteiger partial charge on any atom is 0.239 e. The number of rotatable bonds is 6. The Labute approximate surface area is 93.2 Å². The zero-order chi connectivity index (χ0) is 11.1. The molecule has 1 aromatic rings. The molecule has 0 saturated carbocycles. The summed E-state index contributed by atoms with van der Waals surface area (Å²) in [7, 11) is 1.66. The number of ether oxygens (including phenoxy) is 1. The van der Waals surface area contributed by atoms with Crippen molar-refractivity contribution < 1.29 is 4.74 Å². The Balaban J connectivity index is 2.51. The molecule has 7 heteroatoms. The van der Waals surface area contributed by atoms with Gasteiger partial charge >= 0.3 is 0 Å². The molecule has 0 aliphatic rings. The van der Waals surface area contributed by atoms with Crippen molar-refractivity contribution in [3.05, 3.63) is 11.2 Å². The molecule has 0 aliphatic carbocycles. The summed E-state index contributed by atoms with van der Waals surface area (Å²) in [6, 6.07) is 0. The van der Waals surface area contributed by atoms with Crippen LogP contribution in [-0.2, 0) is 4.74 Å². The molecular formula is C8H14ClN5O. The van der Waals surface area contributed by atoms with Gasteiger partial charge in [0.1, 0.15) is 5.02 Å². The number of aromatic nitrogens is 2. The quantitative estimate of drug-likeness (QED) is 0.383. The highest BCUT2D eigenvalue weighted by Gasteiger charge is 2.03. The summed E-state index contributed by atoms with van der Waals surface area (Å²) in [5.74, 6) is 6.07. The molecule has 1 heterocycles. The van der Waals surface area contributed by atoms with Crippen molar-refractivity contribution in [2.75, 3.05) is 31.0 Å². The van der Waals surface area contributed by atoms with Gasteiger partial charge < -0.3 is 10.1 Å². The lowest BCUT2D eigenvalue weighted by Gasteiger charge is -2.07. The lowest BCUT2D eigenvalue weighted by molar-refractivity contribution is 0.198. The van der Waals surface area contributed by atoms with E-state index in [-0.39, 0.29) is 0 Å². The molecule has 0 unspecified atom stereocenters. The SMILES string of the molecule is COCCCNc1nc(NN)ncc1Cl. The van der Waals surface area contributed by atoms with Gasteiger partial charge in [-0.1, -0.05) is 11.6 Å². The Morgan fingerprint density at radius 2 is 2.40 bits per heavy atom. The van der Waals surface area contributed by atoms with Crippen molar-refractivity contribution in [3.8, 4) is 0 Å². The van der Waals surface area contributed by atoms with Crippen molar-refractivity contribution in [2.24, 2.45) is 5.84 Å². The molecule has 1 rings (SSSR count). The van der Waals surface area contributed by atoms with Gasteiger partial charge in [-0.25, -0.2) is 10.8 Å². The van der Waals surface area contributed by atoms with Crippen LogP contribution in [0, 0.1) is 0 Å². The zero-order valence-electron chi connectivity index (χ0n) is 8.46. The summed E-state index contributed by atoms with van der Waals surface area (Å²) >= 11 is 5.88. The number of hydrogen-bond donors (Lipinski definition) is 3. The molecule has 1 aromatic heterocycles. The van der Waals surface area contributed by atoms with Crippen LogP contribution >= 0.6 is 11.6 Å². The molecule has 0 aromatic carbocycles. The van der Waals surface area contributed by atoms with Crippen molar-refractivity contribution in [1.82, 2.24) is 9.97 Å². The van der Waals surface area contributed by atoms with Crippen molar-refractivity contribution >= 4 is 23.4 Å². The van der Waals surface area contributed by atoms with E-state index < -0.39 is 0 Å². The third-order valence-corrected chi connectivity index (χ3v) is 1.97. The zero-order valence-corrected chi connectivity index (χ0v) is 9.21. The second-order valence-corrected chi connectivity index (χ2v) is 3.21. The van der Waals surface area contributed by atoms with Crippen LogP contribution in [0.2, 0.25) is 5.02 Å². The van der Waals surface area contributed by atoms with Crippen LogP contribution in [0.4, 0.5) is 11.8 Å². The van der Waals surface area contributed by atoms with Gasteiger partial charge in [0.25, 0.3) is 0 Å². The average molecular weight is 232 g/mol. The second-order valence-electron chi connectivity index (χ2n) is 2.81. The molecule has 0 atom stereocenters. The molecule has 6 nitrogen and oxygen atoms in total. The Morgan fingerprint density at radius 1 is 1.60 bits per heavy atom. The van der Waals surface area contributed by atoms with Crippen LogP contribution in [0.25, 0.3) is 0 Å². The van der Waals surface area contributed by atoms with E-state index in [9.17, 15) is 0 Å². The minimum absolute atomic E-state index is 0.327. The van der Waals surface area contributed by atoms with Gasteiger partial charge in [0.2, 0.25) is 5.95 Å². The second kappa shape index (κ2) is 6.39. The molecular weight excluding hydrogens is 218 g/mol. The van der Waals surface area contributed by atoms with E-state index in [0.717, 1.165) is 13.0 Å². The molecule has 0 aliphatic heterocycles. The van der Waals surface area contributed by atoms with Crippen LogP contribution < -0.4 is 16.6 Å². The first-order valence-electron chi connectivity index (χ1n) is 4.50. The number of nitrogen functional groups attached to an aromatic ring is 1. The Bertz CT molecular complexity index is 309. The van der Waals surface area contributed by atoms with Gasteiger partial charge in [-0.05, 0) is 6.42 Å². The summed E-state index contributed by atoms with van der Waals surface area (Å²) in [4.78, 5) is 7.92. The van der Waals surface area contributed by atoms with E-state index in [4.69, 9.17) is 22.2 Å². The van der Waals surface area contributed by atoms with Crippen LogP contribution in [0.5, 0.6) is 0 Å². The fourth-order valence-electron chi connectivity index (χ4n) is 0.984. The van der Waals surface area contributed by atoms with Gasteiger partial charge in [-0.2, -0.15) is 4.98 Å². The smallest absolute Gasteiger partial charge is 0.239 e. The van der Waals surface area contributed by atoms with E-state index in [1.807, 2.05) is 0 Å². The summed E-state index contributed by atoms with van der Waals surface area (Å²) in [5.41, 5.74) is 2.35. The molecule has 0 radical (unpaired) electrons. The van der Waals surface area contributed by atoms with Gasteiger partial charge in [0.05, 0.1) is 6.20 Å². The highest BCUT2D eigenvalue weighted by Crippen LogP contribution is 2.18. The number of nitrogens with zero attached hydrogens (tertiary/aromatic N) is 2. The first kappa shape index (κ1) is 12.0. The Hall–Kier alpha value is -1.11. The van der Waals surface area contributed by atoms with Crippen LogP contribution in [0.3, 0.4) is 0 Å². The lowest BCUT2D eigenvalue weighted by atomic mass is 10.4. The van der Waals surface area contributed by atoms with E-state index in [0.29, 0.717) is 23.4 Å². The third-order valence-electron chi connectivity index (χ3n) is 1.69. The fraction of sp³-hybridized carbons (Fsp3) is 0.500. The first-order chi connectivity index (χ1) is 7.27. The molecule has 0 saturated heterocycles. The van der Waals surface area contributed by atoms with Crippen LogP contribution in [0.1, 0.15) is 6.42 Å². The normalized spacial score (nSPS) is 10.1. The predicted molar refractivity (Wildman–Crippen MR) is 59.8 cm³/mol. The Morgan fingerprint density at radius 3 is 3.07 bits per heavy atom. The summed E-state index contributed by atoms with van der Waals surface area (Å²) < 4.78 is 4.92. The molecule has 4 N–H and O–H groups in total. The number of nitrogens with one attached hydrogen (secondary N) is 2. The Kier molecular flexibility index (Phi) is 5.09. The highest BCUT2D eigenvalue weighted by molar-refractivity contribution is 6.32. The molecule has 0 fully saturated rings. The third kappa shape index (κ3) is 3.86. The molecule has 0 amide bonds. The largest absolute Gasteiger partial charge is 0.385 e. The number of halogens is 1. The average Bonchev–Trinajstić information content (AvgIpc) is 2.26. The molecule has 0 spiro atoms. The number of anilines is 2. The maximum atomic E-state index is 5.88. The summed E-state index contributed by atoms with van der Waals surface area (Å²) in [6.45, 7) is 1.42. The molecule has 15 heavy (non-hydrogen) atoms. The fourth-order valence-corrected chi connectivity index (χ4v) is 1.14. The number of hydrogen-bond acceptors (Lipinski definition) is 6. The van der Waals surface area contributed by atoms with E-state index >= 15 is 0 Å². The van der Waals surface area contributed by atoms with Crippen molar-refractivity contribution in [3.63, 3.8) is 0 Å². The van der Waals surface area contributed by atoms with Gasteiger partial charge in [0, 0.05) is 20.3 Å². The molecule has 0 bridgehead atoms. The van der Waals surface area contributed by atoms with Gasteiger partial charge in [-0.15, -0.1) is 0 Å². The highest BCUT2D eigenvalue weighted by atomic mass is 35.5. The van der Waals surface area contributed by atoms with Crippen LogP contribution in [-0.4, -0.2) is 30.2 Å². The molecule has 84 valence electrons. The van der Waals surface area contributed by atoms with E-state index in [1.54, 1.807) is 7.11 Å². The maximum absolute atomic E-state index is 5.88. The van der Waals surface area contributed by atoms with E-state index in [2.05, 4.69) is 20.7 Å². The van der Waals surface area contributed by atoms with Crippen molar-refractivity contribution in [1.29, 1.82) is 0 Å². The number of hydrazine groups is 1. The predicted octanol–water partition coefficient (Wildman–Crippen LogP) is 0.864. The minimum Gasteiger partial charge on any atom is -0.385 e. The van der Waals surface area contributed by atoms with Gasteiger partial charge in [-0.3, -0.25) is 5.43 Å². The van der Waals surface area contributed by atoms with E-state index in [1.165, 1.54) is 6.20 Å². The lowest BCUT2D eigenvalue weighted by Crippen LogP contribution is -2.13. The van der Waals surface area contributed by atoms with Crippen molar-refractivity contribution in [2.45, 2.75) is 6.42 Å². The summed E-state index contributed by atoms with van der Waals surface area (Å²) in [5, 5.41) is 3.53. The first-order valence-corrected chi connectivity index (χ1v) is 4.87.